The summed E-state index contributed by atoms with van der Waals surface area (Å²) in [6, 6.07) is 7.64. The predicted octanol–water partition coefficient (Wildman–Crippen LogP) is 2.98. The minimum atomic E-state index is -0.0738. The summed E-state index contributed by atoms with van der Waals surface area (Å²) in [6.07, 6.45) is 6.20. The Kier molecular flexibility index (Phi) is 4.01. The van der Waals surface area contributed by atoms with E-state index in [0.29, 0.717) is 6.42 Å². The third kappa shape index (κ3) is 3.13. The van der Waals surface area contributed by atoms with Gasteiger partial charge in [0, 0.05) is 18.2 Å². The van der Waals surface area contributed by atoms with Gasteiger partial charge in [0.1, 0.15) is 5.82 Å². The van der Waals surface area contributed by atoms with Crippen molar-refractivity contribution in [1.82, 2.24) is 9.97 Å². The molecule has 1 aromatic heterocycles. The highest BCUT2D eigenvalue weighted by Crippen LogP contribution is 2.28. The van der Waals surface area contributed by atoms with Crippen LogP contribution in [0.15, 0.2) is 30.5 Å². The fourth-order valence-electron chi connectivity index (χ4n) is 2.66. The topological polar surface area (TPSA) is 83.8 Å². The average molecular weight is 284 g/mol. The number of anilines is 1. The van der Waals surface area contributed by atoms with Crippen LogP contribution in [0.4, 0.5) is 5.69 Å². The first-order valence-electron chi connectivity index (χ1n) is 7.44. The molecule has 5 heteroatoms. The van der Waals surface area contributed by atoms with Gasteiger partial charge in [-0.1, -0.05) is 31.0 Å². The van der Waals surface area contributed by atoms with Gasteiger partial charge in [-0.05, 0) is 18.9 Å². The molecule has 0 radical (unpaired) electrons. The van der Waals surface area contributed by atoms with Gasteiger partial charge in [0.2, 0.25) is 5.91 Å². The van der Waals surface area contributed by atoms with Crippen LogP contribution in [0.5, 0.6) is 0 Å². The zero-order chi connectivity index (χ0) is 14.7. The molecule has 0 spiro atoms. The number of aromatic nitrogens is 2. The number of nitrogens with two attached hydrogens (primary N) is 1. The van der Waals surface area contributed by atoms with Crippen LogP contribution in [0.3, 0.4) is 0 Å². The Morgan fingerprint density at radius 3 is 2.95 bits per heavy atom. The fourth-order valence-corrected chi connectivity index (χ4v) is 2.66. The van der Waals surface area contributed by atoms with Crippen LogP contribution >= 0.6 is 0 Å². The molecule has 0 fully saturated rings. The molecule has 1 atom stereocenters. The Morgan fingerprint density at radius 1 is 1.19 bits per heavy atom. The summed E-state index contributed by atoms with van der Waals surface area (Å²) in [5, 5.41) is 2.98. The van der Waals surface area contributed by atoms with Crippen LogP contribution < -0.4 is 11.1 Å². The number of benzene rings is 1. The van der Waals surface area contributed by atoms with E-state index in [-0.39, 0.29) is 11.9 Å². The Labute approximate surface area is 124 Å². The molecule has 0 saturated heterocycles. The van der Waals surface area contributed by atoms with Gasteiger partial charge in [0.15, 0.2) is 0 Å². The lowest BCUT2D eigenvalue weighted by molar-refractivity contribution is -0.116. The molecule has 1 amide bonds. The monoisotopic (exact) mass is 284 g/mol. The van der Waals surface area contributed by atoms with Gasteiger partial charge in [0.05, 0.1) is 17.4 Å². The summed E-state index contributed by atoms with van der Waals surface area (Å²) < 4.78 is 0. The highest BCUT2D eigenvalue weighted by molar-refractivity contribution is 5.94. The highest BCUT2D eigenvalue weighted by Gasteiger charge is 2.15. The van der Waals surface area contributed by atoms with Crippen molar-refractivity contribution in [3.63, 3.8) is 0 Å². The second-order valence-corrected chi connectivity index (χ2v) is 5.47. The number of imidazole rings is 1. The quantitative estimate of drug-likeness (QED) is 0.695. The van der Waals surface area contributed by atoms with Crippen molar-refractivity contribution >= 4 is 11.6 Å². The number of carbonyl (C=O) groups is 1. The molecular formula is C16H20N4O. The van der Waals surface area contributed by atoms with E-state index in [1.165, 1.54) is 0 Å². The normalized spacial score (nSPS) is 19.7. The molecule has 1 aliphatic heterocycles. The zero-order valence-corrected chi connectivity index (χ0v) is 11.9. The van der Waals surface area contributed by atoms with E-state index < -0.39 is 0 Å². The second-order valence-electron chi connectivity index (χ2n) is 5.47. The molecule has 2 heterocycles. The van der Waals surface area contributed by atoms with Gasteiger partial charge in [-0.2, -0.15) is 0 Å². The maximum atomic E-state index is 12.0. The van der Waals surface area contributed by atoms with E-state index in [2.05, 4.69) is 15.3 Å². The maximum Gasteiger partial charge on any atom is 0.224 e. The molecule has 5 nitrogen and oxygen atoms in total. The predicted molar refractivity (Wildman–Crippen MR) is 82.7 cm³/mol. The molecular weight excluding hydrogens is 264 g/mol. The number of hydrogen-bond donors (Lipinski definition) is 3. The molecule has 0 saturated carbocycles. The van der Waals surface area contributed by atoms with Crippen LogP contribution in [0.1, 0.15) is 44.0 Å². The maximum absolute atomic E-state index is 12.0. The van der Waals surface area contributed by atoms with Gasteiger partial charge in [0.25, 0.3) is 0 Å². The van der Waals surface area contributed by atoms with Gasteiger partial charge >= 0.3 is 0 Å². The third-order valence-corrected chi connectivity index (χ3v) is 3.84. The molecule has 1 aliphatic rings. The van der Waals surface area contributed by atoms with Crippen LogP contribution in [0.25, 0.3) is 11.3 Å². The molecule has 0 unspecified atom stereocenters. The number of fused-ring (bicyclic) bond motifs is 4. The number of carbonyl (C=O) groups excluding carboxylic acids is 1. The molecule has 2 aromatic rings. The molecule has 21 heavy (non-hydrogen) atoms. The Balaban J connectivity index is 1.99. The first-order chi connectivity index (χ1) is 10.2. The lowest BCUT2D eigenvalue weighted by atomic mass is 10.1. The summed E-state index contributed by atoms with van der Waals surface area (Å²) >= 11 is 0. The first-order valence-corrected chi connectivity index (χ1v) is 7.44. The zero-order valence-electron chi connectivity index (χ0n) is 11.9. The Bertz CT molecular complexity index is 635. The summed E-state index contributed by atoms with van der Waals surface area (Å²) in [5.74, 6) is 0.868. The van der Waals surface area contributed by atoms with Crippen LogP contribution in [-0.4, -0.2) is 15.9 Å². The summed E-state index contributed by atoms with van der Waals surface area (Å²) in [6.45, 7) is 0. The number of amides is 1. The average Bonchev–Trinajstić information content (AvgIpc) is 2.96. The minimum absolute atomic E-state index is 0.0572. The third-order valence-electron chi connectivity index (χ3n) is 3.84. The van der Waals surface area contributed by atoms with Crippen LogP contribution in [0.2, 0.25) is 0 Å². The molecule has 110 valence electrons. The van der Waals surface area contributed by atoms with E-state index in [1.807, 2.05) is 30.5 Å². The number of rotatable bonds is 0. The SMILES string of the molecule is N[C@H]1CCCCCC(=O)Nc2ccccc2-c2c[nH]c1n2. The van der Waals surface area contributed by atoms with Gasteiger partial charge < -0.3 is 16.0 Å². The van der Waals surface area contributed by atoms with Crippen molar-refractivity contribution in [3.05, 3.63) is 36.3 Å². The molecule has 1 aromatic carbocycles. The van der Waals surface area contributed by atoms with Crippen molar-refractivity contribution in [3.8, 4) is 11.3 Å². The fraction of sp³-hybridized carbons (Fsp3) is 0.375. The number of nitrogens with zero attached hydrogens (tertiary/aromatic N) is 1. The standard InChI is InChI=1S/C16H20N4O/c17-12-7-2-1-3-9-15(21)19-13-8-5-4-6-11(13)14-10-18-16(12)20-14/h4-6,8,10,12H,1-3,7,9,17H2,(H,18,20)(H,19,21)/t12-/m0/s1. The number of para-hydroxylation sites is 1. The van der Waals surface area contributed by atoms with Crippen molar-refractivity contribution in [2.24, 2.45) is 5.73 Å². The largest absolute Gasteiger partial charge is 0.347 e. The minimum Gasteiger partial charge on any atom is -0.347 e. The van der Waals surface area contributed by atoms with Gasteiger partial charge in [-0.25, -0.2) is 4.98 Å². The van der Waals surface area contributed by atoms with Crippen molar-refractivity contribution < 1.29 is 4.79 Å². The van der Waals surface area contributed by atoms with E-state index in [0.717, 1.165) is 48.5 Å². The summed E-state index contributed by atoms with van der Waals surface area (Å²) in [4.78, 5) is 19.8. The van der Waals surface area contributed by atoms with E-state index in [9.17, 15) is 4.79 Å². The molecule has 3 rings (SSSR count). The first kappa shape index (κ1) is 13.8. The lowest BCUT2D eigenvalue weighted by Gasteiger charge is -2.09. The highest BCUT2D eigenvalue weighted by atomic mass is 16.1. The lowest BCUT2D eigenvalue weighted by Crippen LogP contribution is -2.12. The Hall–Kier alpha value is -2.14. The summed E-state index contributed by atoms with van der Waals surface area (Å²) in [5.41, 5.74) is 8.70. The second kappa shape index (κ2) is 6.10. The molecule has 2 bridgehead atoms. The van der Waals surface area contributed by atoms with E-state index in [4.69, 9.17) is 5.73 Å². The van der Waals surface area contributed by atoms with Crippen LogP contribution in [-0.2, 0) is 4.79 Å². The number of H-pyrrole nitrogens is 1. The smallest absolute Gasteiger partial charge is 0.224 e. The van der Waals surface area contributed by atoms with Crippen molar-refractivity contribution in [2.45, 2.75) is 38.1 Å². The number of nitrogens with one attached hydrogen (secondary N) is 2. The Morgan fingerprint density at radius 2 is 2.05 bits per heavy atom. The van der Waals surface area contributed by atoms with E-state index in [1.54, 1.807) is 0 Å². The van der Waals surface area contributed by atoms with E-state index >= 15 is 0 Å². The number of aromatic amines is 1. The molecule has 4 N–H and O–H groups in total. The van der Waals surface area contributed by atoms with Crippen molar-refractivity contribution in [1.29, 1.82) is 0 Å². The van der Waals surface area contributed by atoms with Crippen LogP contribution in [0, 0.1) is 0 Å². The van der Waals surface area contributed by atoms with Gasteiger partial charge in [-0.15, -0.1) is 0 Å². The number of hydrogen-bond acceptors (Lipinski definition) is 3. The summed E-state index contributed by atoms with van der Waals surface area (Å²) in [7, 11) is 0. The molecule has 0 aliphatic carbocycles. The van der Waals surface area contributed by atoms with Crippen molar-refractivity contribution in [2.75, 3.05) is 5.32 Å². The van der Waals surface area contributed by atoms with Gasteiger partial charge in [-0.3, -0.25) is 4.79 Å².